The highest BCUT2D eigenvalue weighted by molar-refractivity contribution is 6.30. The summed E-state index contributed by atoms with van der Waals surface area (Å²) in [7, 11) is 0. The highest BCUT2D eigenvalue weighted by Crippen LogP contribution is 2.37. The highest BCUT2D eigenvalue weighted by atomic mass is 35.5. The van der Waals surface area contributed by atoms with Crippen molar-refractivity contribution in [2.24, 2.45) is 5.92 Å². The summed E-state index contributed by atoms with van der Waals surface area (Å²) >= 11 is 5.96. The van der Waals surface area contributed by atoms with Crippen LogP contribution in [-0.4, -0.2) is 17.6 Å². The second-order valence-corrected chi connectivity index (χ2v) is 4.70. The first kappa shape index (κ1) is 9.37. The van der Waals surface area contributed by atoms with Gasteiger partial charge in [-0.15, -0.1) is 0 Å². The normalized spacial score (nSPS) is 29.0. The van der Waals surface area contributed by atoms with Crippen molar-refractivity contribution in [2.75, 3.05) is 6.54 Å². The summed E-state index contributed by atoms with van der Waals surface area (Å²) in [6.45, 7) is 1.14. The molecular formula is C12H13ClN2. The quantitative estimate of drug-likeness (QED) is 0.787. The second-order valence-electron chi connectivity index (χ2n) is 4.27. The fourth-order valence-corrected chi connectivity index (χ4v) is 2.82. The predicted molar refractivity (Wildman–Crippen MR) is 61.7 cm³/mol. The molecule has 0 aromatic carbocycles. The Bertz CT molecular complexity index is 414. The Morgan fingerprint density at radius 3 is 3.20 bits per heavy atom. The molecule has 0 radical (unpaired) electrons. The lowest BCUT2D eigenvalue weighted by Gasteiger charge is -2.14. The summed E-state index contributed by atoms with van der Waals surface area (Å²) in [5.74, 6) is 0.791. The Morgan fingerprint density at radius 1 is 1.40 bits per heavy atom. The fraction of sp³-hybridized carbons (Fsp3) is 0.417. The molecule has 1 fully saturated rings. The van der Waals surface area contributed by atoms with E-state index in [0.717, 1.165) is 17.5 Å². The van der Waals surface area contributed by atoms with Gasteiger partial charge < -0.3 is 5.32 Å². The van der Waals surface area contributed by atoms with Crippen molar-refractivity contribution in [1.29, 1.82) is 0 Å². The average molecular weight is 221 g/mol. The molecule has 1 N–H and O–H groups in total. The summed E-state index contributed by atoms with van der Waals surface area (Å²) in [6.07, 6.45) is 8.40. The molecule has 0 bridgehead atoms. The van der Waals surface area contributed by atoms with Gasteiger partial charge in [0.1, 0.15) is 0 Å². The van der Waals surface area contributed by atoms with Crippen molar-refractivity contribution >= 4 is 17.2 Å². The first-order chi connectivity index (χ1) is 7.34. The van der Waals surface area contributed by atoms with Gasteiger partial charge in [0.2, 0.25) is 0 Å². The van der Waals surface area contributed by atoms with Crippen LogP contribution in [0.5, 0.6) is 0 Å². The number of rotatable bonds is 1. The van der Waals surface area contributed by atoms with Gasteiger partial charge in [-0.25, -0.2) is 0 Å². The molecule has 1 saturated heterocycles. The first-order valence-corrected chi connectivity index (χ1v) is 5.77. The number of allylic oxidation sites excluding steroid dienone is 1. The van der Waals surface area contributed by atoms with E-state index in [9.17, 15) is 0 Å². The monoisotopic (exact) mass is 220 g/mol. The molecule has 0 saturated carbocycles. The topological polar surface area (TPSA) is 24.9 Å². The SMILES string of the molecule is Clc1cncc(C2=CC[C@@H]3CCN[C@H]23)c1. The molecular weight excluding hydrogens is 208 g/mol. The molecule has 2 atom stereocenters. The van der Waals surface area contributed by atoms with Crippen molar-refractivity contribution in [2.45, 2.75) is 18.9 Å². The number of halogens is 1. The van der Waals surface area contributed by atoms with E-state index in [0.29, 0.717) is 6.04 Å². The number of hydrogen-bond acceptors (Lipinski definition) is 2. The van der Waals surface area contributed by atoms with Crippen LogP contribution < -0.4 is 5.32 Å². The molecule has 0 amide bonds. The molecule has 1 aromatic rings. The van der Waals surface area contributed by atoms with Gasteiger partial charge >= 0.3 is 0 Å². The van der Waals surface area contributed by atoms with Crippen LogP contribution in [0.3, 0.4) is 0 Å². The van der Waals surface area contributed by atoms with E-state index in [2.05, 4.69) is 16.4 Å². The van der Waals surface area contributed by atoms with Crippen molar-refractivity contribution in [3.05, 3.63) is 35.1 Å². The lowest BCUT2D eigenvalue weighted by atomic mass is 9.97. The maximum Gasteiger partial charge on any atom is 0.0595 e. The maximum atomic E-state index is 5.96. The Labute approximate surface area is 94.4 Å². The molecule has 78 valence electrons. The molecule has 1 aliphatic carbocycles. The molecule has 0 unspecified atom stereocenters. The van der Waals surface area contributed by atoms with Gasteiger partial charge in [0.15, 0.2) is 0 Å². The van der Waals surface area contributed by atoms with Crippen LogP contribution in [0.15, 0.2) is 24.5 Å². The lowest BCUT2D eigenvalue weighted by Crippen LogP contribution is -2.24. The zero-order valence-electron chi connectivity index (χ0n) is 8.41. The van der Waals surface area contributed by atoms with E-state index >= 15 is 0 Å². The third-order valence-corrected chi connectivity index (χ3v) is 3.57. The third kappa shape index (κ3) is 1.58. The van der Waals surface area contributed by atoms with Gasteiger partial charge in [0, 0.05) is 18.4 Å². The zero-order chi connectivity index (χ0) is 10.3. The van der Waals surface area contributed by atoms with Crippen LogP contribution in [0.2, 0.25) is 5.02 Å². The Morgan fingerprint density at radius 2 is 2.33 bits per heavy atom. The molecule has 3 heteroatoms. The third-order valence-electron chi connectivity index (χ3n) is 3.36. The van der Waals surface area contributed by atoms with Crippen molar-refractivity contribution in [3.8, 4) is 0 Å². The molecule has 2 heterocycles. The minimum atomic E-state index is 0.533. The fourth-order valence-electron chi connectivity index (χ4n) is 2.65. The molecule has 1 aromatic heterocycles. The molecule has 2 aliphatic rings. The highest BCUT2D eigenvalue weighted by Gasteiger charge is 2.33. The summed E-state index contributed by atoms with van der Waals surface area (Å²) in [5, 5.41) is 4.26. The second kappa shape index (κ2) is 3.62. The van der Waals surface area contributed by atoms with E-state index in [1.165, 1.54) is 24.0 Å². The first-order valence-electron chi connectivity index (χ1n) is 5.39. The number of hydrogen-bond donors (Lipinski definition) is 1. The van der Waals surface area contributed by atoms with Gasteiger partial charge in [-0.05, 0) is 42.5 Å². The van der Waals surface area contributed by atoms with E-state index in [-0.39, 0.29) is 0 Å². The number of pyridine rings is 1. The van der Waals surface area contributed by atoms with Crippen molar-refractivity contribution in [1.82, 2.24) is 10.3 Å². The lowest BCUT2D eigenvalue weighted by molar-refractivity contribution is 0.557. The van der Waals surface area contributed by atoms with Gasteiger partial charge in [-0.3, -0.25) is 4.98 Å². The smallest absolute Gasteiger partial charge is 0.0595 e. The molecule has 1 aliphatic heterocycles. The molecule has 0 spiro atoms. The van der Waals surface area contributed by atoms with Crippen LogP contribution in [0, 0.1) is 5.92 Å². The standard InChI is InChI=1S/C12H13ClN2/c13-10-5-9(6-14-7-10)11-2-1-8-3-4-15-12(8)11/h2,5-8,12,15H,1,3-4H2/t8-,12+/m1/s1. The predicted octanol–water partition coefficient (Wildman–Crippen LogP) is 2.50. The minimum absolute atomic E-state index is 0.533. The number of nitrogens with one attached hydrogen (secondary N) is 1. The molecule has 2 nitrogen and oxygen atoms in total. The Kier molecular flexibility index (Phi) is 2.26. The van der Waals surface area contributed by atoms with Crippen molar-refractivity contribution in [3.63, 3.8) is 0 Å². The maximum absolute atomic E-state index is 5.96. The van der Waals surface area contributed by atoms with Crippen LogP contribution in [-0.2, 0) is 0 Å². The van der Waals surface area contributed by atoms with Gasteiger partial charge in [-0.1, -0.05) is 17.7 Å². The van der Waals surface area contributed by atoms with E-state index < -0.39 is 0 Å². The molecule has 15 heavy (non-hydrogen) atoms. The number of aromatic nitrogens is 1. The van der Waals surface area contributed by atoms with E-state index in [1.807, 2.05) is 12.3 Å². The average Bonchev–Trinajstić information content (AvgIpc) is 2.77. The number of fused-ring (bicyclic) bond motifs is 1. The van der Waals surface area contributed by atoms with E-state index in [1.54, 1.807) is 6.20 Å². The summed E-state index contributed by atoms with van der Waals surface area (Å²) in [5.41, 5.74) is 2.55. The zero-order valence-corrected chi connectivity index (χ0v) is 9.17. The summed E-state index contributed by atoms with van der Waals surface area (Å²) < 4.78 is 0. The Hall–Kier alpha value is -0.860. The summed E-state index contributed by atoms with van der Waals surface area (Å²) in [6, 6.07) is 2.54. The van der Waals surface area contributed by atoms with Crippen LogP contribution in [0.4, 0.5) is 0 Å². The van der Waals surface area contributed by atoms with Gasteiger partial charge in [-0.2, -0.15) is 0 Å². The van der Waals surface area contributed by atoms with Crippen molar-refractivity contribution < 1.29 is 0 Å². The van der Waals surface area contributed by atoms with Crippen LogP contribution in [0.1, 0.15) is 18.4 Å². The Balaban J connectivity index is 1.94. The largest absolute Gasteiger partial charge is 0.310 e. The summed E-state index contributed by atoms with van der Waals surface area (Å²) in [4.78, 5) is 4.14. The van der Waals surface area contributed by atoms with E-state index in [4.69, 9.17) is 11.6 Å². The minimum Gasteiger partial charge on any atom is -0.310 e. The van der Waals surface area contributed by atoms with Crippen LogP contribution >= 0.6 is 11.6 Å². The molecule has 3 rings (SSSR count). The van der Waals surface area contributed by atoms with Gasteiger partial charge in [0.05, 0.1) is 5.02 Å². The van der Waals surface area contributed by atoms with Gasteiger partial charge in [0.25, 0.3) is 0 Å². The van der Waals surface area contributed by atoms with Crippen LogP contribution in [0.25, 0.3) is 5.57 Å². The number of nitrogens with zero attached hydrogens (tertiary/aromatic N) is 1.